The van der Waals surface area contributed by atoms with Crippen LogP contribution in [0.15, 0.2) is 30.1 Å². The second kappa shape index (κ2) is 10.8. The molecule has 2 aromatic rings. The van der Waals surface area contributed by atoms with Gasteiger partial charge in [0.2, 0.25) is 5.88 Å². The first kappa shape index (κ1) is 21.0. The van der Waals surface area contributed by atoms with Crippen LogP contribution in [0.4, 0.5) is 0 Å². The number of methoxy groups -OCH3 is 1. The normalized spacial score (nSPS) is 14.1. The summed E-state index contributed by atoms with van der Waals surface area (Å²) in [6.07, 6.45) is 9.57. The predicted octanol–water partition coefficient (Wildman–Crippen LogP) is 3.93. The molecule has 0 spiro atoms. The van der Waals surface area contributed by atoms with Gasteiger partial charge in [-0.1, -0.05) is 6.92 Å². The number of ether oxygens (including phenoxy) is 3. The lowest BCUT2D eigenvalue weighted by Gasteiger charge is -2.22. The van der Waals surface area contributed by atoms with Crippen LogP contribution >= 0.6 is 0 Å². The van der Waals surface area contributed by atoms with Crippen molar-refractivity contribution in [2.75, 3.05) is 26.9 Å². The molecule has 0 saturated carbocycles. The Hall–Kier alpha value is -2.67. The third kappa shape index (κ3) is 5.44. The van der Waals surface area contributed by atoms with E-state index in [1.165, 1.54) is 23.3 Å². The van der Waals surface area contributed by atoms with Crippen molar-refractivity contribution >= 4 is 11.9 Å². The highest BCUT2D eigenvalue weighted by Gasteiger charge is 2.18. The second-order valence-electron chi connectivity index (χ2n) is 7.04. The molecule has 0 fully saturated rings. The van der Waals surface area contributed by atoms with E-state index in [-0.39, 0.29) is 0 Å². The molecule has 0 aromatic carbocycles. The van der Waals surface area contributed by atoms with Crippen LogP contribution in [0.2, 0.25) is 0 Å². The van der Waals surface area contributed by atoms with Crippen LogP contribution in [-0.4, -0.2) is 48.0 Å². The van der Waals surface area contributed by atoms with E-state index in [4.69, 9.17) is 14.2 Å². The molecule has 0 N–H and O–H groups in total. The van der Waals surface area contributed by atoms with Gasteiger partial charge in [0, 0.05) is 25.9 Å². The third-order valence-corrected chi connectivity index (χ3v) is 4.98. The van der Waals surface area contributed by atoms with Crippen molar-refractivity contribution in [1.82, 2.24) is 14.8 Å². The van der Waals surface area contributed by atoms with Crippen LogP contribution in [0, 0.1) is 0 Å². The smallest absolute Gasteiger partial charge is 0.214 e. The molecular weight excluding hydrogens is 370 g/mol. The average molecular weight is 399 g/mol. The maximum Gasteiger partial charge on any atom is 0.214 e. The molecule has 29 heavy (non-hydrogen) atoms. The predicted molar refractivity (Wildman–Crippen MR) is 110 cm³/mol. The maximum absolute atomic E-state index is 11.5. The summed E-state index contributed by atoms with van der Waals surface area (Å²) in [6.45, 7) is 4.34. The van der Waals surface area contributed by atoms with Crippen molar-refractivity contribution in [2.45, 2.75) is 45.6 Å². The van der Waals surface area contributed by atoms with E-state index in [1.807, 2.05) is 6.20 Å². The second-order valence-corrected chi connectivity index (χ2v) is 7.04. The van der Waals surface area contributed by atoms with Gasteiger partial charge in [-0.25, -0.2) is 4.98 Å². The molecule has 1 aliphatic carbocycles. The molecule has 7 nitrogen and oxygen atoms in total. The zero-order valence-corrected chi connectivity index (χ0v) is 17.2. The van der Waals surface area contributed by atoms with Gasteiger partial charge in [0.1, 0.15) is 19.0 Å². The van der Waals surface area contributed by atoms with Gasteiger partial charge in [-0.2, -0.15) is 5.10 Å². The largest absolute Gasteiger partial charge is 0.487 e. The number of carbonyl (C=O) groups excluding carboxylic acids is 1. The minimum Gasteiger partial charge on any atom is -0.487 e. The SMILES string of the molecule is CCCn1nccc1C1=C(COc2cnc(OCCOC)cc2C=O)CCCC1. The van der Waals surface area contributed by atoms with Crippen molar-refractivity contribution < 1.29 is 19.0 Å². The van der Waals surface area contributed by atoms with E-state index in [9.17, 15) is 4.79 Å². The highest BCUT2D eigenvalue weighted by atomic mass is 16.5. The molecule has 0 aliphatic heterocycles. The number of pyridine rings is 1. The van der Waals surface area contributed by atoms with Crippen LogP contribution in [-0.2, 0) is 11.3 Å². The summed E-state index contributed by atoms with van der Waals surface area (Å²) >= 11 is 0. The number of rotatable bonds is 11. The van der Waals surface area contributed by atoms with Crippen LogP contribution in [0.1, 0.15) is 55.1 Å². The summed E-state index contributed by atoms with van der Waals surface area (Å²) in [5, 5.41) is 4.46. The first-order valence-electron chi connectivity index (χ1n) is 10.2. The fraction of sp³-hybridized carbons (Fsp3) is 0.500. The highest BCUT2D eigenvalue weighted by molar-refractivity contribution is 5.79. The average Bonchev–Trinajstić information content (AvgIpc) is 3.21. The summed E-state index contributed by atoms with van der Waals surface area (Å²) in [6, 6.07) is 3.69. The van der Waals surface area contributed by atoms with Crippen molar-refractivity contribution in [3.05, 3.63) is 41.4 Å². The Balaban J connectivity index is 1.75. The van der Waals surface area contributed by atoms with Crippen LogP contribution in [0.25, 0.3) is 5.57 Å². The monoisotopic (exact) mass is 399 g/mol. The molecular formula is C22H29N3O4. The Kier molecular flexibility index (Phi) is 7.81. The molecule has 0 saturated heterocycles. The Labute approximate surface area is 171 Å². The highest BCUT2D eigenvalue weighted by Crippen LogP contribution is 2.33. The van der Waals surface area contributed by atoms with Gasteiger partial charge < -0.3 is 14.2 Å². The first-order valence-corrected chi connectivity index (χ1v) is 10.2. The van der Waals surface area contributed by atoms with E-state index in [2.05, 4.69) is 27.8 Å². The van der Waals surface area contributed by atoms with E-state index in [0.717, 1.165) is 38.5 Å². The van der Waals surface area contributed by atoms with Gasteiger partial charge in [-0.15, -0.1) is 0 Å². The Morgan fingerprint density at radius 1 is 1.21 bits per heavy atom. The van der Waals surface area contributed by atoms with Gasteiger partial charge in [0.05, 0.1) is 24.1 Å². The molecule has 156 valence electrons. The summed E-state index contributed by atoms with van der Waals surface area (Å²) in [5.41, 5.74) is 4.20. The quantitative estimate of drug-likeness (QED) is 0.421. The molecule has 0 bridgehead atoms. The zero-order valence-electron chi connectivity index (χ0n) is 17.2. The van der Waals surface area contributed by atoms with Gasteiger partial charge in [0.15, 0.2) is 6.29 Å². The molecule has 7 heteroatoms. The number of aromatic nitrogens is 3. The fourth-order valence-corrected chi connectivity index (χ4v) is 3.54. The molecule has 0 atom stereocenters. The zero-order chi connectivity index (χ0) is 20.5. The molecule has 0 amide bonds. The number of aryl methyl sites for hydroxylation is 1. The molecule has 0 unspecified atom stereocenters. The number of allylic oxidation sites excluding steroid dienone is 1. The number of nitrogens with zero attached hydrogens (tertiary/aromatic N) is 3. The number of aldehydes is 1. The lowest BCUT2D eigenvalue weighted by Crippen LogP contribution is -2.12. The third-order valence-electron chi connectivity index (χ3n) is 4.98. The summed E-state index contributed by atoms with van der Waals surface area (Å²) < 4.78 is 18.5. The van der Waals surface area contributed by atoms with Gasteiger partial charge in [0.25, 0.3) is 0 Å². The Morgan fingerprint density at radius 3 is 2.86 bits per heavy atom. The van der Waals surface area contributed by atoms with Crippen molar-refractivity contribution in [1.29, 1.82) is 0 Å². The molecule has 1 aliphatic rings. The first-order chi connectivity index (χ1) is 14.3. The van der Waals surface area contributed by atoms with E-state index in [1.54, 1.807) is 19.4 Å². The van der Waals surface area contributed by atoms with Crippen molar-refractivity contribution in [3.63, 3.8) is 0 Å². The summed E-state index contributed by atoms with van der Waals surface area (Å²) in [5.74, 6) is 0.858. The Bertz CT molecular complexity index is 844. The van der Waals surface area contributed by atoms with Gasteiger partial charge in [-0.05, 0) is 49.3 Å². The van der Waals surface area contributed by atoms with Crippen LogP contribution in [0.5, 0.6) is 11.6 Å². The Morgan fingerprint density at radius 2 is 2.07 bits per heavy atom. The van der Waals surface area contributed by atoms with Crippen molar-refractivity contribution in [2.24, 2.45) is 0 Å². The lowest BCUT2D eigenvalue weighted by molar-refractivity contribution is 0.111. The minimum absolute atomic E-state index is 0.379. The van der Waals surface area contributed by atoms with Gasteiger partial charge >= 0.3 is 0 Å². The standard InChI is InChI=1S/C22H29N3O4/c1-3-10-25-20(8-9-24-25)19-7-5-4-6-17(19)16-29-21-14-23-22(13-18(21)15-26)28-12-11-27-2/h8-9,13-15H,3-7,10-12,16H2,1-2H3. The molecule has 2 heterocycles. The van der Waals surface area contributed by atoms with Crippen LogP contribution in [0.3, 0.4) is 0 Å². The lowest BCUT2D eigenvalue weighted by atomic mass is 9.90. The van der Waals surface area contributed by atoms with E-state index >= 15 is 0 Å². The topological polar surface area (TPSA) is 75.5 Å². The van der Waals surface area contributed by atoms with E-state index < -0.39 is 0 Å². The van der Waals surface area contributed by atoms with Gasteiger partial charge in [-0.3, -0.25) is 9.48 Å². The summed E-state index contributed by atoms with van der Waals surface area (Å²) in [7, 11) is 1.61. The molecule has 0 radical (unpaired) electrons. The molecule has 3 rings (SSSR count). The summed E-state index contributed by atoms with van der Waals surface area (Å²) in [4.78, 5) is 15.8. The van der Waals surface area contributed by atoms with E-state index in [0.29, 0.717) is 37.0 Å². The molecule has 2 aromatic heterocycles. The van der Waals surface area contributed by atoms with Crippen molar-refractivity contribution in [3.8, 4) is 11.6 Å². The number of hydrogen-bond acceptors (Lipinski definition) is 6. The fourth-order valence-electron chi connectivity index (χ4n) is 3.54. The maximum atomic E-state index is 11.5. The number of hydrogen-bond donors (Lipinski definition) is 0. The van der Waals surface area contributed by atoms with Crippen LogP contribution < -0.4 is 9.47 Å². The minimum atomic E-state index is 0.379. The number of carbonyl (C=O) groups is 1.